The molecule has 0 spiro atoms. The number of alkyl halides is 1. The van der Waals surface area contributed by atoms with Crippen molar-refractivity contribution in [2.45, 2.75) is 5.88 Å². The number of rotatable bonds is 3. The van der Waals surface area contributed by atoms with Gasteiger partial charge in [-0.1, -0.05) is 29.8 Å². The second-order valence-electron chi connectivity index (χ2n) is 3.91. The van der Waals surface area contributed by atoms with Gasteiger partial charge in [-0.2, -0.15) is 0 Å². The van der Waals surface area contributed by atoms with Crippen LogP contribution >= 0.6 is 45.9 Å². The van der Waals surface area contributed by atoms with Crippen molar-refractivity contribution < 1.29 is 0 Å². The largest absolute Gasteiger partial charge is 0.235 e. The fourth-order valence-corrected chi connectivity index (χ4v) is 3.92. The van der Waals surface area contributed by atoms with Crippen molar-refractivity contribution in [3.63, 3.8) is 0 Å². The molecule has 3 aromatic rings. The van der Waals surface area contributed by atoms with E-state index in [0.29, 0.717) is 5.88 Å². The van der Waals surface area contributed by atoms with Gasteiger partial charge in [-0.05, 0) is 23.6 Å². The van der Waals surface area contributed by atoms with Crippen LogP contribution < -0.4 is 0 Å². The van der Waals surface area contributed by atoms with Crippen molar-refractivity contribution >= 4 is 45.9 Å². The van der Waals surface area contributed by atoms with Crippen LogP contribution in [0.3, 0.4) is 0 Å². The maximum Gasteiger partial charge on any atom is 0.124 e. The third kappa shape index (κ3) is 2.70. The highest BCUT2D eigenvalue weighted by Crippen LogP contribution is 2.36. The molecule has 0 unspecified atom stereocenters. The molecule has 3 rings (SSSR count). The fraction of sp³-hybridized carbons (Fsp3) is 0.0714. The van der Waals surface area contributed by atoms with E-state index < -0.39 is 0 Å². The van der Waals surface area contributed by atoms with E-state index in [9.17, 15) is 0 Å². The van der Waals surface area contributed by atoms with Gasteiger partial charge in [-0.3, -0.25) is 0 Å². The Labute approximate surface area is 129 Å². The van der Waals surface area contributed by atoms with Crippen LogP contribution in [-0.4, -0.2) is 4.98 Å². The Hall–Kier alpha value is -0.870. The van der Waals surface area contributed by atoms with E-state index >= 15 is 0 Å². The average molecular weight is 326 g/mol. The molecule has 0 saturated heterocycles. The molecule has 5 heteroatoms. The summed E-state index contributed by atoms with van der Waals surface area (Å²) in [6.07, 6.45) is 0. The number of aromatic nitrogens is 1. The minimum atomic E-state index is 0.485. The third-order valence-corrected chi connectivity index (χ3v) is 5.32. The van der Waals surface area contributed by atoms with Crippen LogP contribution in [0.1, 0.15) is 4.88 Å². The van der Waals surface area contributed by atoms with Crippen LogP contribution in [-0.2, 0) is 5.88 Å². The molecular weight excluding hydrogens is 317 g/mol. The van der Waals surface area contributed by atoms with Crippen LogP contribution in [0.15, 0.2) is 41.8 Å². The van der Waals surface area contributed by atoms with Gasteiger partial charge in [0.1, 0.15) is 5.01 Å². The van der Waals surface area contributed by atoms with E-state index in [1.165, 1.54) is 0 Å². The lowest BCUT2D eigenvalue weighted by Gasteiger charge is -1.95. The lowest BCUT2D eigenvalue weighted by Crippen LogP contribution is -1.79. The van der Waals surface area contributed by atoms with Crippen molar-refractivity contribution in [3.8, 4) is 21.1 Å². The zero-order valence-electron chi connectivity index (χ0n) is 9.77. The van der Waals surface area contributed by atoms with E-state index in [1.54, 1.807) is 22.7 Å². The summed E-state index contributed by atoms with van der Waals surface area (Å²) in [5.74, 6) is 0.485. The molecule has 0 aliphatic rings. The van der Waals surface area contributed by atoms with Gasteiger partial charge in [0, 0.05) is 15.5 Å². The average Bonchev–Trinajstić information content (AvgIpc) is 3.08. The van der Waals surface area contributed by atoms with Crippen LogP contribution in [0.4, 0.5) is 0 Å². The Morgan fingerprint density at radius 1 is 1.11 bits per heavy atom. The van der Waals surface area contributed by atoms with Gasteiger partial charge in [0.25, 0.3) is 0 Å². The summed E-state index contributed by atoms with van der Waals surface area (Å²) >= 11 is 15.3. The van der Waals surface area contributed by atoms with E-state index in [0.717, 1.165) is 31.0 Å². The van der Waals surface area contributed by atoms with Crippen LogP contribution in [0.25, 0.3) is 21.1 Å². The summed E-state index contributed by atoms with van der Waals surface area (Å²) in [5.41, 5.74) is 2.07. The van der Waals surface area contributed by atoms with Gasteiger partial charge < -0.3 is 0 Å². The van der Waals surface area contributed by atoms with Gasteiger partial charge in [-0.25, -0.2) is 4.98 Å². The first-order valence-electron chi connectivity index (χ1n) is 5.63. The molecule has 1 aromatic carbocycles. The number of benzene rings is 1. The summed E-state index contributed by atoms with van der Waals surface area (Å²) in [4.78, 5) is 6.99. The number of nitrogens with zero attached hydrogens (tertiary/aromatic N) is 1. The second kappa shape index (κ2) is 5.63. The summed E-state index contributed by atoms with van der Waals surface area (Å²) < 4.78 is 0. The van der Waals surface area contributed by atoms with Gasteiger partial charge in [-0.15, -0.1) is 34.3 Å². The predicted molar refractivity (Wildman–Crippen MR) is 85.4 cm³/mol. The molecular formula is C14H9Cl2NS2. The molecule has 0 aliphatic carbocycles. The summed E-state index contributed by atoms with van der Waals surface area (Å²) in [6.45, 7) is 0. The number of hydrogen-bond acceptors (Lipinski definition) is 3. The molecule has 0 saturated carbocycles. The molecule has 2 aromatic heterocycles. The molecule has 0 bridgehead atoms. The molecule has 2 heterocycles. The Morgan fingerprint density at radius 2 is 1.89 bits per heavy atom. The third-order valence-electron chi connectivity index (χ3n) is 2.66. The Kier molecular flexibility index (Phi) is 3.89. The van der Waals surface area contributed by atoms with Crippen molar-refractivity contribution in [1.29, 1.82) is 0 Å². The summed E-state index contributed by atoms with van der Waals surface area (Å²) in [7, 11) is 0. The quantitative estimate of drug-likeness (QED) is 0.544. The summed E-state index contributed by atoms with van der Waals surface area (Å²) in [5, 5.41) is 3.77. The van der Waals surface area contributed by atoms with Crippen LogP contribution in [0.2, 0.25) is 5.02 Å². The maximum absolute atomic E-state index is 6.03. The van der Waals surface area contributed by atoms with Crippen molar-refractivity contribution in [3.05, 3.63) is 51.7 Å². The van der Waals surface area contributed by atoms with Gasteiger partial charge >= 0.3 is 0 Å². The molecule has 1 nitrogen and oxygen atoms in total. The van der Waals surface area contributed by atoms with Crippen molar-refractivity contribution in [2.24, 2.45) is 0 Å². The molecule has 0 atom stereocenters. The zero-order valence-corrected chi connectivity index (χ0v) is 12.9. The number of hydrogen-bond donors (Lipinski definition) is 0. The Balaban J connectivity index is 2.07. The van der Waals surface area contributed by atoms with E-state index in [2.05, 4.69) is 11.4 Å². The van der Waals surface area contributed by atoms with E-state index in [1.807, 2.05) is 30.3 Å². The first kappa shape index (κ1) is 13.1. The van der Waals surface area contributed by atoms with Crippen molar-refractivity contribution in [2.75, 3.05) is 0 Å². The number of halogens is 2. The Morgan fingerprint density at radius 3 is 2.53 bits per heavy atom. The Bertz CT molecular complexity index is 672. The van der Waals surface area contributed by atoms with Gasteiger partial charge in [0.2, 0.25) is 0 Å². The monoisotopic (exact) mass is 325 g/mol. The smallest absolute Gasteiger partial charge is 0.124 e. The number of thiazole rings is 1. The first-order valence-corrected chi connectivity index (χ1v) is 8.24. The minimum Gasteiger partial charge on any atom is -0.235 e. The molecule has 96 valence electrons. The molecule has 0 aliphatic heterocycles. The molecule has 19 heavy (non-hydrogen) atoms. The maximum atomic E-state index is 6.03. The predicted octanol–water partition coefficient (Wildman–Crippen LogP) is 5.93. The minimum absolute atomic E-state index is 0.485. The highest BCUT2D eigenvalue weighted by Gasteiger charge is 2.14. The van der Waals surface area contributed by atoms with Crippen LogP contribution in [0, 0.1) is 0 Å². The van der Waals surface area contributed by atoms with E-state index in [4.69, 9.17) is 28.2 Å². The highest BCUT2D eigenvalue weighted by atomic mass is 35.5. The second-order valence-corrected chi connectivity index (χ2v) is 6.64. The molecule has 0 amide bonds. The molecule has 0 N–H and O–H groups in total. The van der Waals surface area contributed by atoms with Gasteiger partial charge in [0.15, 0.2) is 0 Å². The molecule has 0 radical (unpaired) electrons. The first-order chi connectivity index (χ1) is 9.28. The topological polar surface area (TPSA) is 12.9 Å². The standard InChI is InChI=1S/C14H9Cl2NS2/c15-8-12-13(11-2-1-7-18-11)17-14(19-12)9-3-5-10(16)6-4-9/h1-7H,8H2. The van der Waals surface area contributed by atoms with Crippen LogP contribution in [0.5, 0.6) is 0 Å². The fourth-order valence-electron chi connectivity index (χ4n) is 1.76. The molecule has 0 fully saturated rings. The lowest BCUT2D eigenvalue weighted by atomic mass is 10.2. The highest BCUT2D eigenvalue weighted by molar-refractivity contribution is 7.17. The summed E-state index contributed by atoms with van der Waals surface area (Å²) in [6, 6.07) is 11.8. The zero-order chi connectivity index (χ0) is 13.2. The van der Waals surface area contributed by atoms with E-state index in [-0.39, 0.29) is 0 Å². The SMILES string of the molecule is ClCc1sc(-c2ccc(Cl)cc2)nc1-c1cccs1. The number of thiophene rings is 1. The lowest BCUT2D eigenvalue weighted by molar-refractivity contribution is 1.37. The van der Waals surface area contributed by atoms with Crippen molar-refractivity contribution in [1.82, 2.24) is 4.98 Å². The normalized spacial score (nSPS) is 10.8. The van der Waals surface area contributed by atoms with Gasteiger partial charge in [0.05, 0.1) is 16.5 Å².